The van der Waals surface area contributed by atoms with E-state index in [4.69, 9.17) is 4.74 Å². The lowest BCUT2D eigenvalue weighted by atomic mass is 9.99. The molecule has 0 radical (unpaired) electrons. The van der Waals surface area contributed by atoms with Gasteiger partial charge in [-0.15, -0.1) is 11.3 Å². The van der Waals surface area contributed by atoms with Crippen molar-refractivity contribution in [2.45, 2.75) is 38.6 Å². The molecule has 3 nitrogen and oxygen atoms in total. The van der Waals surface area contributed by atoms with Gasteiger partial charge < -0.3 is 10.1 Å². The molecule has 1 fully saturated rings. The zero-order valence-corrected chi connectivity index (χ0v) is 13.3. The minimum atomic E-state index is 0.492. The second-order valence-electron chi connectivity index (χ2n) is 5.93. The van der Waals surface area contributed by atoms with E-state index in [9.17, 15) is 0 Å². The summed E-state index contributed by atoms with van der Waals surface area (Å²) in [6.45, 7) is 8.48. The molecule has 2 aliphatic rings. The molecular weight excluding hydrogens is 268 g/mol. The highest BCUT2D eigenvalue weighted by molar-refractivity contribution is 7.12. The van der Waals surface area contributed by atoms with Gasteiger partial charge in [0.25, 0.3) is 0 Å². The Morgan fingerprint density at radius 3 is 2.90 bits per heavy atom. The molecule has 0 bridgehead atoms. The van der Waals surface area contributed by atoms with Gasteiger partial charge in [0.2, 0.25) is 0 Å². The van der Waals surface area contributed by atoms with Gasteiger partial charge in [0.1, 0.15) is 0 Å². The van der Waals surface area contributed by atoms with Crippen molar-refractivity contribution < 1.29 is 4.74 Å². The van der Waals surface area contributed by atoms with Gasteiger partial charge in [0, 0.05) is 42.0 Å². The number of rotatable bonds is 5. The lowest BCUT2D eigenvalue weighted by Crippen LogP contribution is -2.40. The van der Waals surface area contributed by atoms with Crippen LogP contribution < -0.4 is 5.32 Å². The van der Waals surface area contributed by atoms with Crippen LogP contribution in [0.1, 0.15) is 41.1 Å². The van der Waals surface area contributed by atoms with Crippen LogP contribution in [0.3, 0.4) is 0 Å². The van der Waals surface area contributed by atoms with Gasteiger partial charge in [-0.2, -0.15) is 0 Å². The van der Waals surface area contributed by atoms with E-state index in [-0.39, 0.29) is 0 Å². The molecule has 0 aromatic carbocycles. The Hall–Kier alpha value is -0.420. The summed E-state index contributed by atoms with van der Waals surface area (Å²) in [5.74, 6) is 0. The molecule has 1 saturated heterocycles. The molecule has 2 heterocycles. The fourth-order valence-electron chi connectivity index (χ4n) is 3.09. The predicted octanol–water partition coefficient (Wildman–Crippen LogP) is 2.61. The van der Waals surface area contributed by atoms with E-state index in [1.54, 1.807) is 10.4 Å². The molecule has 1 aromatic heterocycles. The third-order valence-electron chi connectivity index (χ3n) is 4.42. The van der Waals surface area contributed by atoms with E-state index in [0.717, 1.165) is 39.4 Å². The molecule has 0 spiro atoms. The van der Waals surface area contributed by atoms with Crippen LogP contribution in [0.2, 0.25) is 0 Å². The van der Waals surface area contributed by atoms with E-state index >= 15 is 0 Å². The maximum absolute atomic E-state index is 5.38. The number of hydrogen-bond acceptors (Lipinski definition) is 4. The second kappa shape index (κ2) is 7.03. The van der Waals surface area contributed by atoms with E-state index in [1.165, 1.54) is 30.6 Å². The molecule has 4 heteroatoms. The van der Waals surface area contributed by atoms with Crippen molar-refractivity contribution in [1.29, 1.82) is 0 Å². The van der Waals surface area contributed by atoms with E-state index in [1.807, 2.05) is 11.3 Å². The van der Waals surface area contributed by atoms with Gasteiger partial charge in [0.05, 0.1) is 13.2 Å². The summed E-state index contributed by atoms with van der Waals surface area (Å²) in [5, 5.41) is 3.68. The van der Waals surface area contributed by atoms with Crippen LogP contribution in [-0.2, 0) is 17.6 Å². The molecule has 20 heavy (non-hydrogen) atoms. The zero-order valence-electron chi connectivity index (χ0n) is 12.5. The number of hydrogen-bond donors (Lipinski definition) is 1. The molecule has 1 unspecified atom stereocenters. The van der Waals surface area contributed by atoms with Crippen molar-refractivity contribution in [3.05, 3.63) is 21.4 Å². The number of fused-ring (bicyclic) bond motifs is 1. The van der Waals surface area contributed by atoms with Crippen molar-refractivity contribution in [3.63, 3.8) is 0 Å². The summed E-state index contributed by atoms with van der Waals surface area (Å²) in [6, 6.07) is 2.94. The van der Waals surface area contributed by atoms with Crippen LogP contribution >= 0.6 is 11.3 Å². The monoisotopic (exact) mass is 294 g/mol. The lowest BCUT2D eigenvalue weighted by molar-refractivity contribution is 0.0382. The van der Waals surface area contributed by atoms with Crippen LogP contribution in [0.15, 0.2) is 6.07 Å². The quantitative estimate of drug-likeness (QED) is 0.903. The van der Waals surface area contributed by atoms with Crippen LogP contribution in [-0.4, -0.2) is 44.3 Å². The van der Waals surface area contributed by atoms with E-state index in [0.29, 0.717) is 6.04 Å². The normalized spacial score (nSPS) is 21.6. The highest BCUT2D eigenvalue weighted by Crippen LogP contribution is 2.32. The molecule has 1 atom stereocenters. The first-order valence-corrected chi connectivity index (χ1v) is 8.79. The summed E-state index contributed by atoms with van der Waals surface area (Å²) < 4.78 is 5.38. The van der Waals surface area contributed by atoms with Crippen molar-refractivity contribution >= 4 is 11.3 Å². The lowest BCUT2D eigenvalue weighted by Gasteiger charge is -2.27. The maximum atomic E-state index is 5.38. The number of ether oxygens (including phenoxy) is 1. The fraction of sp³-hybridized carbons (Fsp3) is 0.750. The standard InChI is InChI=1S/C16H26N2OS/c1-13(17-6-7-18-8-10-19-11-9-18)16-12-14-4-2-3-5-15(14)20-16/h12-13,17H,2-11H2,1H3. The molecule has 1 N–H and O–H groups in total. The Labute approximate surface area is 126 Å². The Bertz CT molecular complexity index is 403. The first-order valence-electron chi connectivity index (χ1n) is 7.98. The third kappa shape index (κ3) is 3.61. The highest BCUT2D eigenvalue weighted by Gasteiger charge is 2.16. The molecule has 112 valence electrons. The van der Waals surface area contributed by atoms with Crippen LogP contribution in [0.4, 0.5) is 0 Å². The Balaban J connectivity index is 1.46. The summed E-state index contributed by atoms with van der Waals surface area (Å²) >= 11 is 2.03. The average Bonchev–Trinajstić information content (AvgIpc) is 2.92. The summed E-state index contributed by atoms with van der Waals surface area (Å²) in [7, 11) is 0. The molecule has 1 aliphatic carbocycles. The molecule has 1 aromatic rings. The first-order chi connectivity index (χ1) is 9.83. The van der Waals surface area contributed by atoms with Gasteiger partial charge in [-0.05, 0) is 44.2 Å². The largest absolute Gasteiger partial charge is 0.379 e. The molecule has 1 aliphatic heterocycles. The van der Waals surface area contributed by atoms with Crippen LogP contribution in [0, 0.1) is 0 Å². The molecule has 0 saturated carbocycles. The molecule has 3 rings (SSSR count). The SMILES string of the molecule is CC(NCCN1CCOCC1)c1cc2c(s1)CCCC2. The molecular formula is C16H26N2OS. The highest BCUT2D eigenvalue weighted by atomic mass is 32.1. The van der Waals surface area contributed by atoms with Gasteiger partial charge >= 0.3 is 0 Å². The fourth-order valence-corrected chi connectivity index (χ4v) is 4.38. The van der Waals surface area contributed by atoms with E-state index < -0.39 is 0 Å². The van der Waals surface area contributed by atoms with Gasteiger partial charge in [-0.25, -0.2) is 0 Å². The summed E-state index contributed by atoms with van der Waals surface area (Å²) in [5.41, 5.74) is 1.62. The number of thiophene rings is 1. The van der Waals surface area contributed by atoms with Gasteiger partial charge in [0.15, 0.2) is 0 Å². The van der Waals surface area contributed by atoms with Crippen molar-refractivity contribution in [2.24, 2.45) is 0 Å². The van der Waals surface area contributed by atoms with Crippen molar-refractivity contribution in [2.75, 3.05) is 39.4 Å². The van der Waals surface area contributed by atoms with Crippen molar-refractivity contribution in [1.82, 2.24) is 10.2 Å². The van der Waals surface area contributed by atoms with Gasteiger partial charge in [-0.1, -0.05) is 0 Å². The number of aryl methyl sites for hydroxylation is 2. The molecule has 0 amide bonds. The van der Waals surface area contributed by atoms with E-state index in [2.05, 4.69) is 23.2 Å². The minimum Gasteiger partial charge on any atom is -0.379 e. The number of nitrogens with one attached hydrogen (secondary N) is 1. The maximum Gasteiger partial charge on any atom is 0.0594 e. The van der Waals surface area contributed by atoms with Crippen molar-refractivity contribution in [3.8, 4) is 0 Å². The number of nitrogens with zero attached hydrogens (tertiary/aromatic N) is 1. The zero-order chi connectivity index (χ0) is 13.8. The van der Waals surface area contributed by atoms with Crippen LogP contribution in [0.5, 0.6) is 0 Å². The Morgan fingerprint density at radius 1 is 1.30 bits per heavy atom. The summed E-state index contributed by atoms with van der Waals surface area (Å²) in [6.07, 6.45) is 5.36. The third-order valence-corrected chi connectivity index (χ3v) is 5.84. The topological polar surface area (TPSA) is 24.5 Å². The summed E-state index contributed by atoms with van der Waals surface area (Å²) in [4.78, 5) is 5.66. The Kier molecular flexibility index (Phi) is 5.10. The predicted molar refractivity (Wildman–Crippen MR) is 84.6 cm³/mol. The average molecular weight is 294 g/mol. The Morgan fingerprint density at radius 2 is 2.10 bits per heavy atom. The number of morpholine rings is 1. The second-order valence-corrected chi connectivity index (χ2v) is 7.10. The first kappa shape index (κ1) is 14.5. The van der Waals surface area contributed by atoms with Crippen LogP contribution in [0.25, 0.3) is 0 Å². The van der Waals surface area contributed by atoms with Gasteiger partial charge in [-0.3, -0.25) is 4.90 Å². The smallest absolute Gasteiger partial charge is 0.0594 e. The minimum absolute atomic E-state index is 0.492.